The third-order valence-electron chi connectivity index (χ3n) is 8.84. The Labute approximate surface area is 267 Å². The monoisotopic (exact) mass is 588 g/mol. The standard InChI is InChI=1S/C42H28N4/c1-3-14-29(15-4-1)32-20-13-21-35-40-33-18-7-9-23-38(33)45(31-25-26-37(44-28-31)36-22-11-12-27-43-36)39-24-10-8-19-34(39)42(40)46(41(32)35)30-16-5-2-6-17-30/h1-28H. The van der Waals surface area contributed by atoms with E-state index in [4.69, 9.17) is 4.98 Å². The summed E-state index contributed by atoms with van der Waals surface area (Å²) < 4.78 is 2.47. The van der Waals surface area contributed by atoms with Crippen LogP contribution in [0.25, 0.3) is 61.5 Å². The molecule has 46 heavy (non-hydrogen) atoms. The van der Waals surface area contributed by atoms with Crippen molar-refractivity contribution in [3.8, 4) is 50.6 Å². The summed E-state index contributed by atoms with van der Waals surface area (Å²) in [5, 5.41) is 1.22. The molecule has 4 heteroatoms. The summed E-state index contributed by atoms with van der Waals surface area (Å²) in [4.78, 5) is 11.8. The van der Waals surface area contributed by atoms with Crippen molar-refractivity contribution in [2.24, 2.45) is 0 Å². The van der Waals surface area contributed by atoms with Crippen molar-refractivity contribution in [3.63, 3.8) is 0 Å². The van der Waals surface area contributed by atoms with E-state index in [2.05, 4.69) is 154 Å². The number of benzene rings is 5. The van der Waals surface area contributed by atoms with Crippen molar-refractivity contribution < 1.29 is 0 Å². The highest BCUT2D eigenvalue weighted by molar-refractivity contribution is 6.15. The second-order valence-electron chi connectivity index (χ2n) is 11.4. The van der Waals surface area contributed by atoms with Gasteiger partial charge in [0.15, 0.2) is 0 Å². The van der Waals surface area contributed by atoms with Gasteiger partial charge in [-0.2, -0.15) is 0 Å². The minimum absolute atomic E-state index is 0.846. The number of hydrogen-bond acceptors (Lipinski definition) is 3. The Morgan fingerprint density at radius 2 is 1.09 bits per heavy atom. The maximum Gasteiger partial charge on any atom is 0.0887 e. The van der Waals surface area contributed by atoms with Crippen LogP contribution in [-0.4, -0.2) is 14.5 Å². The van der Waals surface area contributed by atoms with Crippen LogP contribution in [-0.2, 0) is 0 Å². The number of hydrogen-bond donors (Lipinski definition) is 0. The van der Waals surface area contributed by atoms with Crippen LogP contribution in [0.1, 0.15) is 0 Å². The van der Waals surface area contributed by atoms with E-state index in [-0.39, 0.29) is 0 Å². The van der Waals surface area contributed by atoms with E-state index in [0.29, 0.717) is 0 Å². The third kappa shape index (κ3) is 4.08. The summed E-state index contributed by atoms with van der Waals surface area (Å²) in [5.41, 5.74) is 14.3. The second-order valence-corrected chi connectivity index (χ2v) is 11.4. The van der Waals surface area contributed by atoms with Gasteiger partial charge < -0.3 is 9.47 Å². The van der Waals surface area contributed by atoms with E-state index >= 15 is 0 Å². The molecule has 3 aromatic heterocycles. The smallest absolute Gasteiger partial charge is 0.0887 e. The van der Waals surface area contributed by atoms with Crippen molar-refractivity contribution >= 4 is 28.0 Å². The molecule has 216 valence electrons. The van der Waals surface area contributed by atoms with E-state index in [1.54, 1.807) is 6.20 Å². The minimum atomic E-state index is 0.846. The van der Waals surface area contributed by atoms with Crippen LogP contribution < -0.4 is 4.90 Å². The first kappa shape index (κ1) is 26.2. The predicted octanol–water partition coefficient (Wildman–Crippen LogP) is 10.9. The van der Waals surface area contributed by atoms with Gasteiger partial charge in [-0.1, -0.05) is 109 Å². The number of rotatable bonds is 4. The van der Waals surface area contributed by atoms with E-state index in [0.717, 1.165) is 39.7 Å². The van der Waals surface area contributed by atoms with Crippen LogP contribution in [0.3, 0.4) is 0 Å². The molecule has 0 N–H and O–H groups in total. The summed E-state index contributed by atoms with van der Waals surface area (Å²) in [6.45, 7) is 0. The first-order valence-electron chi connectivity index (χ1n) is 15.5. The molecule has 0 saturated carbocycles. The molecule has 9 rings (SSSR count). The highest BCUT2D eigenvalue weighted by Gasteiger charge is 2.32. The molecule has 0 saturated heterocycles. The zero-order chi connectivity index (χ0) is 30.5. The Morgan fingerprint density at radius 3 is 1.83 bits per heavy atom. The molecule has 0 fully saturated rings. The summed E-state index contributed by atoms with van der Waals surface area (Å²) >= 11 is 0. The van der Waals surface area contributed by atoms with Crippen LogP contribution in [0.5, 0.6) is 0 Å². The average molecular weight is 589 g/mol. The molecular formula is C42H28N4. The fraction of sp³-hybridized carbons (Fsp3) is 0. The van der Waals surface area contributed by atoms with E-state index in [9.17, 15) is 0 Å². The Hall–Kier alpha value is -6.26. The van der Waals surface area contributed by atoms with Crippen molar-refractivity contribution in [1.82, 2.24) is 14.5 Å². The molecule has 8 aromatic rings. The van der Waals surface area contributed by atoms with Crippen molar-refractivity contribution in [2.45, 2.75) is 0 Å². The molecule has 0 spiro atoms. The molecule has 0 radical (unpaired) electrons. The lowest BCUT2D eigenvalue weighted by Gasteiger charge is -2.27. The number of nitrogens with zero attached hydrogens (tertiary/aromatic N) is 4. The van der Waals surface area contributed by atoms with Crippen molar-refractivity contribution in [3.05, 3.63) is 170 Å². The van der Waals surface area contributed by atoms with Gasteiger partial charge in [0.25, 0.3) is 0 Å². The molecule has 4 heterocycles. The maximum absolute atomic E-state index is 4.89. The fourth-order valence-corrected chi connectivity index (χ4v) is 6.89. The van der Waals surface area contributed by atoms with Crippen molar-refractivity contribution in [2.75, 3.05) is 4.90 Å². The molecule has 0 bridgehead atoms. The van der Waals surface area contributed by atoms with Gasteiger partial charge >= 0.3 is 0 Å². The van der Waals surface area contributed by atoms with Gasteiger partial charge in [0.1, 0.15) is 0 Å². The summed E-state index contributed by atoms with van der Waals surface area (Å²) in [7, 11) is 0. The number of aromatic nitrogens is 3. The Kier molecular flexibility index (Phi) is 6.10. The molecule has 1 aliphatic heterocycles. The molecule has 1 aliphatic rings. The Bertz CT molecular complexity index is 2340. The van der Waals surface area contributed by atoms with Gasteiger partial charge in [-0.3, -0.25) is 9.97 Å². The van der Waals surface area contributed by atoms with Gasteiger partial charge in [0.05, 0.1) is 45.9 Å². The SMILES string of the molecule is c1ccc(-c2cccc3c4c(n(-c5ccccc5)c23)-c2ccccc2N(c2ccc(-c3ccccn3)nc2)c2ccccc2-4)cc1. The highest BCUT2D eigenvalue weighted by Crippen LogP contribution is 2.55. The molecule has 0 amide bonds. The van der Waals surface area contributed by atoms with E-state index < -0.39 is 0 Å². The largest absolute Gasteiger partial charge is 0.308 e. The summed E-state index contributed by atoms with van der Waals surface area (Å²) in [6, 6.07) is 55.8. The molecular weight excluding hydrogens is 560 g/mol. The van der Waals surface area contributed by atoms with Crippen molar-refractivity contribution in [1.29, 1.82) is 0 Å². The molecule has 0 unspecified atom stereocenters. The van der Waals surface area contributed by atoms with Gasteiger partial charge in [-0.25, -0.2) is 0 Å². The van der Waals surface area contributed by atoms with Gasteiger partial charge in [0, 0.05) is 39.5 Å². The number of anilines is 3. The van der Waals surface area contributed by atoms with Crippen LogP contribution in [0.4, 0.5) is 17.1 Å². The molecule has 0 atom stereocenters. The first-order valence-corrected chi connectivity index (χ1v) is 15.5. The van der Waals surface area contributed by atoms with Crippen LogP contribution >= 0.6 is 0 Å². The van der Waals surface area contributed by atoms with Crippen LogP contribution in [0.15, 0.2) is 170 Å². The lowest BCUT2D eigenvalue weighted by molar-refractivity contribution is 1.13. The predicted molar refractivity (Wildman–Crippen MR) is 189 cm³/mol. The number of fused-ring (bicyclic) bond motifs is 7. The zero-order valence-electron chi connectivity index (χ0n) is 25.0. The van der Waals surface area contributed by atoms with Gasteiger partial charge in [0.2, 0.25) is 0 Å². The van der Waals surface area contributed by atoms with E-state index in [1.807, 2.05) is 24.4 Å². The third-order valence-corrected chi connectivity index (χ3v) is 8.84. The van der Waals surface area contributed by atoms with Crippen LogP contribution in [0.2, 0.25) is 0 Å². The second kappa shape index (κ2) is 10.7. The lowest BCUT2D eigenvalue weighted by atomic mass is 9.96. The molecule has 5 aromatic carbocycles. The maximum atomic E-state index is 4.89. The fourth-order valence-electron chi connectivity index (χ4n) is 6.89. The Morgan fingerprint density at radius 1 is 0.435 bits per heavy atom. The summed E-state index contributed by atoms with van der Waals surface area (Å²) in [6.07, 6.45) is 3.77. The summed E-state index contributed by atoms with van der Waals surface area (Å²) in [5.74, 6) is 0. The average Bonchev–Trinajstić information content (AvgIpc) is 3.42. The highest BCUT2D eigenvalue weighted by atomic mass is 15.2. The Balaban J connectivity index is 1.38. The van der Waals surface area contributed by atoms with Gasteiger partial charge in [-0.15, -0.1) is 0 Å². The quantitative estimate of drug-likeness (QED) is 0.205. The number of pyridine rings is 2. The molecule has 4 nitrogen and oxygen atoms in total. The normalized spacial score (nSPS) is 11.9. The molecule has 0 aliphatic carbocycles. The zero-order valence-corrected chi connectivity index (χ0v) is 25.0. The van der Waals surface area contributed by atoms with Gasteiger partial charge in [-0.05, 0) is 54.1 Å². The topological polar surface area (TPSA) is 34.0 Å². The van der Waals surface area contributed by atoms with E-state index in [1.165, 1.54) is 38.9 Å². The first-order chi connectivity index (χ1) is 22.9. The minimum Gasteiger partial charge on any atom is -0.308 e. The lowest BCUT2D eigenvalue weighted by Crippen LogP contribution is -2.11. The number of para-hydroxylation sites is 4. The van der Waals surface area contributed by atoms with Crippen LogP contribution in [0, 0.1) is 0 Å².